The minimum Gasteiger partial charge on any atom is -0.459 e. The van der Waals surface area contributed by atoms with E-state index in [2.05, 4.69) is 40.7 Å². The van der Waals surface area contributed by atoms with Crippen LogP contribution in [0.4, 0.5) is 0 Å². The van der Waals surface area contributed by atoms with E-state index in [4.69, 9.17) is 9.47 Å². The largest absolute Gasteiger partial charge is 0.459 e. The zero-order chi connectivity index (χ0) is 32.6. The first-order valence-electron chi connectivity index (χ1n) is 17.9. The first-order chi connectivity index (χ1) is 22.0. The van der Waals surface area contributed by atoms with Crippen LogP contribution in [0, 0.1) is 46.3 Å². The predicted molar refractivity (Wildman–Crippen MR) is 181 cm³/mol. The van der Waals surface area contributed by atoms with Crippen molar-refractivity contribution in [1.29, 1.82) is 0 Å². The number of hydrogen-bond donors (Lipinski definition) is 1. The van der Waals surface area contributed by atoms with Gasteiger partial charge < -0.3 is 14.6 Å². The third kappa shape index (κ3) is 6.09. The van der Waals surface area contributed by atoms with Gasteiger partial charge in [-0.15, -0.1) is 0 Å². The second kappa shape index (κ2) is 13.3. The Bertz CT molecular complexity index is 1400. The Morgan fingerprint density at radius 3 is 2.17 bits per heavy atom. The molecule has 1 N–H and O–H groups in total. The number of benzene rings is 2. The first kappa shape index (κ1) is 33.0. The van der Waals surface area contributed by atoms with Crippen molar-refractivity contribution in [3.63, 3.8) is 0 Å². The van der Waals surface area contributed by atoms with Gasteiger partial charge in [0.15, 0.2) is 0 Å². The zero-order valence-electron chi connectivity index (χ0n) is 28.5. The molecule has 3 saturated carbocycles. The van der Waals surface area contributed by atoms with Crippen LogP contribution in [0.3, 0.4) is 0 Å². The molecule has 4 aliphatic rings. The van der Waals surface area contributed by atoms with E-state index in [1.165, 1.54) is 24.8 Å². The quantitative estimate of drug-likeness (QED) is 0.222. The van der Waals surface area contributed by atoms with E-state index >= 15 is 0 Å². The van der Waals surface area contributed by atoms with Gasteiger partial charge in [-0.25, -0.2) is 9.59 Å². The van der Waals surface area contributed by atoms with E-state index in [9.17, 15) is 14.7 Å². The molecule has 46 heavy (non-hydrogen) atoms. The van der Waals surface area contributed by atoms with E-state index in [0.29, 0.717) is 52.6 Å². The molecule has 10 atom stereocenters. The summed E-state index contributed by atoms with van der Waals surface area (Å²) in [6.07, 6.45) is 10.7. The molecule has 4 aliphatic carbocycles. The average Bonchev–Trinajstić information content (AvgIpc) is 3.41. The number of ether oxygens (including phenoxy) is 2. The van der Waals surface area contributed by atoms with E-state index in [1.807, 2.05) is 48.5 Å². The zero-order valence-corrected chi connectivity index (χ0v) is 28.5. The van der Waals surface area contributed by atoms with Crippen molar-refractivity contribution < 1.29 is 24.2 Å². The topological polar surface area (TPSA) is 72.8 Å². The first-order valence-corrected chi connectivity index (χ1v) is 17.9. The maximum atomic E-state index is 12.8. The molecule has 0 spiro atoms. The fourth-order valence-corrected chi connectivity index (χ4v) is 10.5. The lowest BCUT2D eigenvalue weighted by molar-refractivity contribution is -0.109. The van der Waals surface area contributed by atoms with Gasteiger partial charge in [0.1, 0.15) is 12.2 Å². The fourth-order valence-electron chi connectivity index (χ4n) is 10.5. The summed E-state index contributed by atoms with van der Waals surface area (Å²) in [5, 5.41) is 11.7. The number of carbonyl (C=O) groups is 2. The van der Waals surface area contributed by atoms with Crippen LogP contribution in [0.5, 0.6) is 0 Å². The Morgan fingerprint density at radius 1 is 0.870 bits per heavy atom. The van der Waals surface area contributed by atoms with Gasteiger partial charge in [0.05, 0.1) is 17.2 Å². The van der Waals surface area contributed by atoms with Crippen molar-refractivity contribution in [2.24, 2.45) is 46.3 Å². The normalized spacial score (nSPS) is 34.8. The molecule has 0 heterocycles. The molecule has 0 bridgehead atoms. The van der Waals surface area contributed by atoms with Crippen LogP contribution in [0.2, 0.25) is 0 Å². The van der Waals surface area contributed by atoms with Gasteiger partial charge in [-0.05, 0) is 110 Å². The SMILES string of the molecule is CC(C)C(CC[C@@H](C)[C@H]1CC[C@H]2[C@@H]3CC=C4CC(OC(=O)c5ccccc5)C[C@H](O)[C@]4(C)[C@H]3CC[C@]12C)OC(=O)c1ccccc1. The smallest absolute Gasteiger partial charge is 0.338 e. The Labute approximate surface area is 276 Å². The fraction of sp³-hybridized carbons (Fsp3) is 0.610. The highest BCUT2D eigenvalue weighted by Crippen LogP contribution is 2.67. The molecule has 0 aromatic heterocycles. The van der Waals surface area contributed by atoms with Gasteiger partial charge in [-0.3, -0.25) is 0 Å². The van der Waals surface area contributed by atoms with Crippen molar-refractivity contribution in [2.75, 3.05) is 0 Å². The maximum Gasteiger partial charge on any atom is 0.338 e. The molecule has 2 unspecified atom stereocenters. The lowest BCUT2D eigenvalue weighted by Crippen LogP contribution is -2.56. The number of hydrogen-bond acceptors (Lipinski definition) is 5. The number of rotatable bonds is 9. The minimum atomic E-state index is -0.513. The van der Waals surface area contributed by atoms with Crippen molar-refractivity contribution in [3.05, 3.63) is 83.4 Å². The molecule has 5 nitrogen and oxygen atoms in total. The lowest BCUT2D eigenvalue weighted by Gasteiger charge is -2.59. The van der Waals surface area contributed by atoms with E-state index in [-0.39, 0.29) is 35.5 Å². The van der Waals surface area contributed by atoms with Gasteiger partial charge in [0.25, 0.3) is 0 Å². The van der Waals surface area contributed by atoms with Crippen LogP contribution >= 0.6 is 0 Å². The number of aliphatic hydroxyl groups excluding tert-OH is 1. The molecular weight excluding hydrogens is 572 g/mol. The van der Waals surface area contributed by atoms with Gasteiger partial charge in [0, 0.05) is 18.3 Å². The van der Waals surface area contributed by atoms with Crippen LogP contribution < -0.4 is 0 Å². The molecule has 0 aliphatic heterocycles. The van der Waals surface area contributed by atoms with E-state index in [1.54, 1.807) is 12.1 Å². The van der Waals surface area contributed by atoms with Crippen LogP contribution in [0.25, 0.3) is 0 Å². The number of carbonyl (C=O) groups excluding carboxylic acids is 2. The molecule has 2 aromatic rings. The van der Waals surface area contributed by atoms with E-state index < -0.39 is 6.10 Å². The number of fused-ring (bicyclic) bond motifs is 5. The van der Waals surface area contributed by atoms with Crippen LogP contribution in [0.15, 0.2) is 72.3 Å². The highest BCUT2D eigenvalue weighted by Gasteiger charge is 2.61. The lowest BCUT2D eigenvalue weighted by atomic mass is 9.46. The van der Waals surface area contributed by atoms with Gasteiger partial charge in [0.2, 0.25) is 0 Å². The highest BCUT2D eigenvalue weighted by molar-refractivity contribution is 5.89. The second-order valence-corrected chi connectivity index (χ2v) is 15.8. The predicted octanol–water partition coefficient (Wildman–Crippen LogP) is 9.06. The number of esters is 2. The van der Waals surface area contributed by atoms with Gasteiger partial charge in [-0.2, -0.15) is 0 Å². The van der Waals surface area contributed by atoms with Gasteiger partial charge >= 0.3 is 11.9 Å². The molecular formula is C41H54O5. The van der Waals surface area contributed by atoms with Crippen LogP contribution in [-0.4, -0.2) is 35.4 Å². The summed E-state index contributed by atoms with van der Waals surface area (Å²) in [6, 6.07) is 18.5. The Balaban J connectivity index is 1.10. The summed E-state index contributed by atoms with van der Waals surface area (Å²) in [7, 11) is 0. The van der Waals surface area contributed by atoms with Crippen molar-refractivity contribution >= 4 is 11.9 Å². The Morgan fingerprint density at radius 2 is 1.52 bits per heavy atom. The summed E-state index contributed by atoms with van der Waals surface area (Å²) in [5.41, 5.74) is 2.52. The van der Waals surface area contributed by atoms with Crippen molar-refractivity contribution in [1.82, 2.24) is 0 Å². The highest BCUT2D eigenvalue weighted by atomic mass is 16.5. The summed E-state index contributed by atoms with van der Waals surface area (Å²) in [6.45, 7) is 11.6. The molecule has 0 radical (unpaired) electrons. The summed E-state index contributed by atoms with van der Waals surface area (Å²) in [5.74, 6) is 2.68. The van der Waals surface area contributed by atoms with Crippen LogP contribution in [-0.2, 0) is 9.47 Å². The number of aliphatic hydroxyl groups is 1. The molecule has 5 heteroatoms. The standard InChI is InChI=1S/C41H54O5/c1-26(2)36(46-39(44)29-14-10-7-11-15-29)21-16-27(3)33-19-20-34-32-18-17-30-24-31(45-38(43)28-12-8-6-9-13-28)25-37(42)41(30,5)35(32)22-23-40(33,34)4/h6-15,17,26-27,31-37,42H,16,18-25H2,1-5H3/t27-,31?,32+,33-,34+,35+,36?,37+,40-,41+/m1/s1. The van der Waals surface area contributed by atoms with Crippen LogP contribution in [0.1, 0.15) is 113 Å². The van der Waals surface area contributed by atoms with E-state index in [0.717, 1.165) is 32.1 Å². The summed E-state index contributed by atoms with van der Waals surface area (Å²) < 4.78 is 12.0. The maximum absolute atomic E-state index is 12.8. The average molecular weight is 627 g/mol. The third-order valence-corrected chi connectivity index (χ3v) is 13.1. The molecule has 2 aromatic carbocycles. The monoisotopic (exact) mass is 626 g/mol. The molecule has 3 fully saturated rings. The Kier molecular flexibility index (Phi) is 9.54. The summed E-state index contributed by atoms with van der Waals surface area (Å²) >= 11 is 0. The minimum absolute atomic E-state index is 0.0821. The molecule has 0 saturated heterocycles. The molecule has 0 amide bonds. The molecule has 248 valence electrons. The molecule has 6 rings (SSSR count). The third-order valence-electron chi connectivity index (χ3n) is 13.1. The van der Waals surface area contributed by atoms with Gasteiger partial charge in [-0.1, -0.05) is 82.7 Å². The summed E-state index contributed by atoms with van der Waals surface area (Å²) in [4.78, 5) is 25.7. The number of allylic oxidation sites excluding steroid dienone is 1. The van der Waals surface area contributed by atoms with Crippen molar-refractivity contribution in [2.45, 2.75) is 111 Å². The van der Waals surface area contributed by atoms with Crippen molar-refractivity contribution in [3.8, 4) is 0 Å². The Hall–Kier alpha value is -2.92. The second-order valence-electron chi connectivity index (χ2n) is 15.8.